The van der Waals surface area contributed by atoms with Gasteiger partial charge in [-0.25, -0.2) is 0 Å². The predicted molar refractivity (Wildman–Crippen MR) is 52.9 cm³/mol. The van der Waals surface area contributed by atoms with Crippen molar-refractivity contribution in [2.24, 2.45) is 0 Å². The third kappa shape index (κ3) is 2.07. The maximum absolute atomic E-state index is 10.2. The molecule has 4 heteroatoms. The van der Waals surface area contributed by atoms with Crippen LogP contribution in [-0.4, -0.2) is 40.7 Å². The highest BCUT2D eigenvalue weighted by molar-refractivity contribution is 7.09. The van der Waals surface area contributed by atoms with E-state index in [-0.39, 0.29) is 0 Å². The quantitative estimate of drug-likeness (QED) is 0.762. The molecule has 1 aliphatic heterocycles. The van der Waals surface area contributed by atoms with Crippen molar-refractivity contribution in [2.75, 3.05) is 20.1 Å². The van der Waals surface area contributed by atoms with Crippen LogP contribution in [0, 0.1) is 0 Å². The summed E-state index contributed by atoms with van der Waals surface area (Å²) < 4.78 is 0. The van der Waals surface area contributed by atoms with E-state index in [2.05, 4.69) is 9.88 Å². The minimum atomic E-state index is -0.513. The highest BCUT2D eigenvalue weighted by atomic mass is 32.1. The van der Waals surface area contributed by atoms with Crippen LogP contribution in [-0.2, 0) is 6.42 Å². The van der Waals surface area contributed by atoms with Crippen LogP contribution >= 0.6 is 11.3 Å². The zero-order valence-corrected chi connectivity index (χ0v) is 8.55. The van der Waals surface area contributed by atoms with Crippen molar-refractivity contribution in [3.05, 3.63) is 16.6 Å². The Morgan fingerprint density at radius 1 is 1.77 bits per heavy atom. The first-order valence-electron chi connectivity index (χ1n) is 4.46. The molecule has 0 bridgehead atoms. The van der Waals surface area contributed by atoms with Gasteiger partial charge in [-0.3, -0.25) is 4.98 Å². The second-order valence-electron chi connectivity index (χ2n) is 3.86. The Bertz CT molecular complexity index is 275. The summed E-state index contributed by atoms with van der Waals surface area (Å²) in [6.07, 6.45) is 3.48. The molecule has 1 N–H and O–H groups in total. The second-order valence-corrected chi connectivity index (χ2v) is 4.83. The summed E-state index contributed by atoms with van der Waals surface area (Å²) in [5.41, 5.74) is 1.30. The van der Waals surface area contributed by atoms with Gasteiger partial charge in [0.15, 0.2) is 0 Å². The molecule has 0 radical (unpaired) electrons. The van der Waals surface area contributed by atoms with Crippen LogP contribution in [0.25, 0.3) is 0 Å². The molecule has 1 aromatic rings. The Labute approximate surface area is 82.0 Å². The third-order valence-electron chi connectivity index (χ3n) is 2.51. The smallest absolute Gasteiger partial charge is 0.0834 e. The normalized spacial score (nSPS) is 29.7. The first kappa shape index (κ1) is 9.12. The first-order chi connectivity index (χ1) is 6.18. The monoisotopic (exact) mass is 198 g/mol. The molecule has 13 heavy (non-hydrogen) atoms. The van der Waals surface area contributed by atoms with Gasteiger partial charge in [0, 0.05) is 30.6 Å². The average Bonchev–Trinajstić information content (AvgIpc) is 2.62. The van der Waals surface area contributed by atoms with Crippen LogP contribution in [0.4, 0.5) is 0 Å². The van der Waals surface area contributed by atoms with E-state index < -0.39 is 5.60 Å². The highest BCUT2D eigenvalue weighted by Gasteiger charge is 2.34. The first-order valence-corrected chi connectivity index (χ1v) is 5.34. The fourth-order valence-electron chi connectivity index (χ4n) is 1.86. The van der Waals surface area contributed by atoms with Crippen LogP contribution in [0.2, 0.25) is 0 Å². The lowest BCUT2D eigenvalue weighted by Gasteiger charge is -2.20. The van der Waals surface area contributed by atoms with Gasteiger partial charge in [0.1, 0.15) is 0 Å². The SMILES string of the molecule is CN1CCC(O)(Cc2cncs2)C1. The largest absolute Gasteiger partial charge is 0.388 e. The zero-order chi connectivity index (χ0) is 9.31. The van der Waals surface area contributed by atoms with Gasteiger partial charge in [-0.1, -0.05) is 0 Å². The summed E-state index contributed by atoms with van der Waals surface area (Å²) >= 11 is 1.62. The number of rotatable bonds is 2. The van der Waals surface area contributed by atoms with Gasteiger partial charge in [-0.15, -0.1) is 11.3 Å². The molecular formula is C9H14N2OS. The molecule has 0 amide bonds. The van der Waals surface area contributed by atoms with Crippen molar-refractivity contribution >= 4 is 11.3 Å². The Balaban J connectivity index is 2.01. The number of thiazole rings is 1. The lowest BCUT2D eigenvalue weighted by Crippen LogP contribution is -2.33. The van der Waals surface area contributed by atoms with E-state index in [1.807, 2.05) is 18.8 Å². The molecule has 2 rings (SSSR count). The van der Waals surface area contributed by atoms with E-state index in [4.69, 9.17) is 0 Å². The summed E-state index contributed by atoms with van der Waals surface area (Å²) in [6.45, 7) is 1.78. The van der Waals surface area contributed by atoms with Gasteiger partial charge in [0.25, 0.3) is 0 Å². The number of nitrogens with zero attached hydrogens (tertiary/aromatic N) is 2. The van der Waals surface area contributed by atoms with Gasteiger partial charge < -0.3 is 10.0 Å². The molecule has 1 unspecified atom stereocenters. The molecule has 3 nitrogen and oxygen atoms in total. The highest BCUT2D eigenvalue weighted by Crippen LogP contribution is 2.25. The maximum Gasteiger partial charge on any atom is 0.0834 e. The molecule has 1 aliphatic rings. The Morgan fingerprint density at radius 3 is 3.15 bits per heavy atom. The van der Waals surface area contributed by atoms with Crippen molar-refractivity contribution in [3.8, 4) is 0 Å². The number of hydrogen-bond donors (Lipinski definition) is 1. The Kier molecular flexibility index (Phi) is 2.36. The minimum absolute atomic E-state index is 0.513. The topological polar surface area (TPSA) is 36.4 Å². The fraction of sp³-hybridized carbons (Fsp3) is 0.667. The van der Waals surface area contributed by atoms with Crippen molar-refractivity contribution < 1.29 is 5.11 Å². The molecule has 1 aromatic heterocycles. The number of likely N-dealkylation sites (N-methyl/N-ethyl adjacent to an activating group) is 1. The number of β-amino-alcohol motifs (C(OH)–C–C–N with tert-alkyl or cyclic N) is 1. The maximum atomic E-state index is 10.2. The van der Waals surface area contributed by atoms with E-state index in [1.54, 1.807) is 11.3 Å². The van der Waals surface area contributed by atoms with Crippen LogP contribution < -0.4 is 0 Å². The van der Waals surface area contributed by atoms with E-state index in [9.17, 15) is 5.11 Å². The molecular weight excluding hydrogens is 184 g/mol. The van der Waals surface area contributed by atoms with Crippen LogP contribution in [0.15, 0.2) is 11.7 Å². The molecule has 0 spiro atoms. The van der Waals surface area contributed by atoms with Gasteiger partial charge in [0.05, 0.1) is 11.1 Å². The summed E-state index contributed by atoms with van der Waals surface area (Å²) in [5.74, 6) is 0. The van der Waals surface area contributed by atoms with Crippen molar-refractivity contribution in [2.45, 2.75) is 18.4 Å². The Morgan fingerprint density at radius 2 is 2.62 bits per heavy atom. The lowest BCUT2D eigenvalue weighted by atomic mass is 9.98. The van der Waals surface area contributed by atoms with E-state index in [0.29, 0.717) is 0 Å². The summed E-state index contributed by atoms with van der Waals surface area (Å²) in [6, 6.07) is 0. The third-order valence-corrected chi connectivity index (χ3v) is 3.29. The fourth-order valence-corrected chi connectivity index (χ4v) is 2.59. The molecule has 1 atom stereocenters. The van der Waals surface area contributed by atoms with E-state index >= 15 is 0 Å². The number of aromatic nitrogens is 1. The van der Waals surface area contributed by atoms with Crippen molar-refractivity contribution in [3.63, 3.8) is 0 Å². The Hall–Kier alpha value is -0.450. The summed E-state index contributed by atoms with van der Waals surface area (Å²) in [5, 5.41) is 10.2. The number of likely N-dealkylation sites (tertiary alicyclic amines) is 1. The van der Waals surface area contributed by atoms with Crippen LogP contribution in [0.5, 0.6) is 0 Å². The van der Waals surface area contributed by atoms with E-state index in [0.717, 1.165) is 25.9 Å². The molecule has 1 saturated heterocycles. The van der Waals surface area contributed by atoms with Crippen molar-refractivity contribution in [1.82, 2.24) is 9.88 Å². The number of aliphatic hydroxyl groups is 1. The van der Waals surface area contributed by atoms with Crippen LogP contribution in [0.1, 0.15) is 11.3 Å². The summed E-state index contributed by atoms with van der Waals surface area (Å²) in [4.78, 5) is 7.35. The molecule has 2 heterocycles. The van der Waals surface area contributed by atoms with Gasteiger partial charge in [-0.2, -0.15) is 0 Å². The zero-order valence-electron chi connectivity index (χ0n) is 7.73. The molecule has 0 aliphatic carbocycles. The van der Waals surface area contributed by atoms with E-state index in [1.165, 1.54) is 4.88 Å². The molecule has 0 saturated carbocycles. The molecule has 1 fully saturated rings. The van der Waals surface area contributed by atoms with Gasteiger partial charge >= 0.3 is 0 Å². The minimum Gasteiger partial charge on any atom is -0.388 e. The van der Waals surface area contributed by atoms with Gasteiger partial charge in [-0.05, 0) is 13.5 Å². The molecule has 0 aromatic carbocycles. The van der Waals surface area contributed by atoms with Gasteiger partial charge in [0.2, 0.25) is 0 Å². The molecule has 72 valence electrons. The van der Waals surface area contributed by atoms with Crippen LogP contribution in [0.3, 0.4) is 0 Å². The van der Waals surface area contributed by atoms with Crippen molar-refractivity contribution in [1.29, 1.82) is 0 Å². The predicted octanol–water partition coefficient (Wildman–Crippen LogP) is 0.752. The summed E-state index contributed by atoms with van der Waals surface area (Å²) in [7, 11) is 2.05. The number of hydrogen-bond acceptors (Lipinski definition) is 4. The average molecular weight is 198 g/mol. The standard InChI is InChI=1S/C9H14N2OS/c1-11-3-2-9(12,6-11)4-8-5-10-7-13-8/h5,7,12H,2-4,6H2,1H3. The second kappa shape index (κ2) is 3.36. The lowest BCUT2D eigenvalue weighted by molar-refractivity contribution is 0.0531.